The fourth-order valence-electron chi connectivity index (χ4n) is 2.47. The first kappa shape index (κ1) is 14.2. The molecule has 1 amide bonds. The lowest BCUT2D eigenvalue weighted by Gasteiger charge is -2.18. The molecule has 7 nitrogen and oxygen atoms in total. The fraction of sp³-hybridized carbons (Fsp3) is 0.286. The monoisotopic (exact) mass is 302 g/mol. The highest BCUT2D eigenvalue weighted by molar-refractivity contribution is 5.98. The van der Waals surface area contributed by atoms with Gasteiger partial charge in [0, 0.05) is 31.5 Å². The van der Waals surface area contributed by atoms with E-state index in [9.17, 15) is 9.18 Å². The largest absolute Gasteiger partial charge is 0.380 e. The first-order chi connectivity index (χ1) is 10.6. The molecule has 1 fully saturated rings. The molecule has 0 radical (unpaired) electrons. The van der Waals surface area contributed by atoms with Crippen molar-refractivity contribution < 1.29 is 9.18 Å². The second-order valence-electron chi connectivity index (χ2n) is 5.06. The number of nitrogens with zero attached hydrogens (tertiary/aromatic N) is 4. The molecule has 0 aliphatic carbocycles. The van der Waals surface area contributed by atoms with Crippen LogP contribution in [0.4, 0.5) is 16.0 Å². The molecule has 1 atom stereocenters. The summed E-state index contributed by atoms with van der Waals surface area (Å²) in [7, 11) is 0. The van der Waals surface area contributed by atoms with E-state index < -0.39 is 11.7 Å². The van der Waals surface area contributed by atoms with Gasteiger partial charge in [-0.15, -0.1) is 0 Å². The Bertz CT molecular complexity index is 677. The number of nitrogens with one attached hydrogen (secondary N) is 1. The van der Waals surface area contributed by atoms with Crippen LogP contribution in [0, 0.1) is 5.82 Å². The van der Waals surface area contributed by atoms with E-state index in [4.69, 9.17) is 5.73 Å². The van der Waals surface area contributed by atoms with Crippen LogP contribution < -0.4 is 16.0 Å². The number of carbonyl (C=O) groups excluding carboxylic acids is 1. The Morgan fingerprint density at radius 3 is 2.86 bits per heavy atom. The van der Waals surface area contributed by atoms with E-state index in [0.717, 1.165) is 25.4 Å². The van der Waals surface area contributed by atoms with E-state index in [0.29, 0.717) is 23.7 Å². The highest BCUT2D eigenvalue weighted by atomic mass is 19.1. The Balaban J connectivity index is 1.69. The summed E-state index contributed by atoms with van der Waals surface area (Å²) in [5.41, 5.74) is 6.36. The van der Waals surface area contributed by atoms with Gasteiger partial charge in [0.15, 0.2) is 5.82 Å². The molecule has 0 spiro atoms. The first-order valence-electron chi connectivity index (χ1n) is 6.86. The molecule has 2 aromatic rings. The summed E-state index contributed by atoms with van der Waals surface area (Å²) in [5, 5.41) is 3.29. The number of nitrogens with two attached hydrogens (primary N) is 1. The summed E-state index contributed by atoms with van der Waals surface area (Å²) < 4.78 is 12.9. The lowest BCUT2D eigenvalue weighted by atomic mass is 10.2. The number of halogens is 1. The van der Waals surface area contributed by atoms with Gasteiger partial charge in [-0.3, -0.25) is 9.78 Å². The molecule has 0 bridgehead atoms. The van der Waals surface area contributed by atoms with Gasteiger partial charge < -0.3 is 16.0 Å². The highest BCUT2D eigenvalue weighted by Crippen LogP contribution is 2.21. The summed E-state index contributed by atoms with van der Waals surface area (Å²) in [4.78, 5) is 25.2. The van der Waals surface area contributed by atoms with Gasteiger partial charge in [0.25, 0.3) is 5.91 Å². The normalized spacial score (nSPS) is 17.5. The van der Waals surface area contributed by atoms with Crippen LogP contribution in [0.1, 0.15) is 16.8 Å². The molecule has 114 valence electrons. The standard InChI is InChI=1S/C14H15FN6O/c15-9-5-18-14(19-6-9)21-4-2-10(8-21)20-12-1-3-17-7-11(12)13(16)22/h1,3,5-7,10H,2,4,8H2,(H2,16,22)(H,17,20)/t10-/m1/s1. The maximum Gasteiger partial charge on any atom is 0.252 e. The van der Waals surface area contributed by atoms with Crippen LogP contribution in [0.2, 0.25) is 0 Å². The van der Waals surface area contributed by atoms with Gasteiger partial charge in [0.2, 0.25) is 5.95 Å². The number of hydrogen-bond acceptors (Lipinski definition) is 6. The molecule has 1 saturated heterocycles. The number of carbonyl (C=O) groups is 1. The van der Waals surface area contributed by atoms with E-state index in [1.54, 1.807) is 12.3 Å². The van der Waals surface area contributed by atoms with Gasteiger partial charge in [-0.1, -0.05) is 0 Å². The van der Waals surface area contributed by atoms with E-state index in [1.807, 2.05) is 4.90 Å². The van der Waals surface area contributed by atoms with Crippen LogP contribution in [-0.2, 0) is 0 Å². The summed E-state index contributed by atoms with van der Waals surface area (Å²) >= 11 is 0. The molecule has 0 unspecified atom stereocenters. The van der Waals surface area contributed by atoms with Crippen LogP contribution in [0.25, 0.3) is 0 Å². The second kappa shape index (κ2) is 5.92. The molecule has 3 rings (SSSR count). The average Bonchev–Trinajstić information content (AvgIpc) is 2.97. The third kappa shape index (κ3) is 2.95. The summed E-state index contributed by atoms with van der Waals surface area (Å²) in [6.45, 7) is 1.41. The Labute approximate surface area is 126 Å². The Kier molecular flexibility index (Phi) is 3.82. The van der Waals surface area contributed by atoms with Gasteiger partial charge in [-0.05, 0) is 12.5 Å². The molecule has 3 N–H and O–H groups in total. The minimum atomic E-state index is -0.521. The molecule has 1 aliphatic rings. The lowest BCUT2D eigenvalue weighted by molar-refractivity contribution is 0.100. The molecular formula is C14H15FN6O. The van der Waals surface area contributed by atoms with Crippen molar-refractivity contribution >= 4 is 17.5 Å². The Morgan fingerprint density at radius 2 is 2.14 bits per heavy atom. The van der Waals surface area contributed by atoms with Gasteiger partial charge in [-0.2, -0.15) is 0 Å². The molecule has 8 heteroatoms. The Hall–Kier alpha value is -2.77. The zero-order chi connectivity index (χ0) is 15.5. The van der Waals surface area contributed by atoms with Gasteiger partial charge >= 0.3 is 0 Å². The second-order valence-corrected chi connectivity index (χ2v) is 5.06. The molecule has 2 aromatic heterocycles. The van der Waals surface area contributed by atoms with Crippen LogP contribution in [0.15, 0.2) is 30.9 Å². The average molecular weight is 302 g/mol. The zero-order valence-electron chi connectivity index (χ0n) is 11.7. The van der Waals surface area contributed by atoms with Crippen molar-refractivity contribution in [1.82, 2.24) is 15.0 Å². The van der Waals surface area contributed by atoms with E-state index in [-0.39, 0.29) is 6.04 Å². The first-order valence-corrected chi connectivity index (χ1v) is 6.86. The number of rotatable bonds is 4. The minimum absolute atomic E-state index is 0.120. The van der Waals surface area contributed by atoms with Crippen molar-refractivity contribution in [3.8, 4) is 0 Å². The highest BCUT2D eigenvalue weighted by Gasteiger charge is 2.25. The number of anilines is 2. The van der Waals surface area contributed by atoms with Crippen molar-refractivity contribution in [3.63, 3.8) is 0 Å². The topological polar surface area (TPSA) is 97.0 Å². The third-order valence-corrected chi connectivity index (χ3v) is 3.52. The van der Waals surface area contributed by atoms with Crippen LogP contribution in [0.3, 0.4) is 0 Å². The molecule has 22 heavy (non-hydrogen) atoms. The SMILES string of the molecule is NC(=O)c1cnccc1N[C@@H]1CCN(c2ncc(F)cn2)C1. The maximum absolute atomic E-state index is 12.9. The molecular weight excluding hydrogens is 287 g/mol. The van der Waals surface area contributed by atoms with Gasteiger partial charge in [-0.25, -0.2) is 14.4 Å². The maximum atomic E-state index is 12.9. The molecule has 1 aliphatic heterocycles. The predicted molar refractivity (Wildman–Crippen MR) is 79.0 cm³/mol. The Morgan fingerprint density at radius 1 is 1.36 bits per heavy atom. The third-order valence-electron chi connectivity index (χ3n) is 3.52. The van der Waals surface area contributed by atoms with Gasteiger partial charge in [0.1, 0.15) is 0 Å². The number of pyridine rings is 1. The molecule has 0 saturated carbocycles. The predicted octanol–water partition coefficient (Wildman–Crippen LogP) is 0.800. The molecule has 0 aromatic carbocycles. The zero-order valence-corrected chi connectivity index (χ0v) is 11.7. The molecule has 3 heterocycles. The number of hydrogen-bond donors (Lipinski definition) is 2. The van der Waals surface area contributed by atoms with Crippen LogP contribution in [-0.4, -0.2) is 40.0 Å². The lowest BCUT2D eigenvalue weighted by Crippen LogP contribution is -2.28. The van der Waals surface area contributed by atoms with Crippen molar-refractivity contribution in [2.45, 2.75) is 12.5 Å². The summed E-state index contributed by atoms with van der Waals surface area (Å²) in [6.07, 6.45) is 6.20. The van der Waals surface area contributed by atoms with Crippen molar-refractivity contribution in [1.29, 1.82) is 0 Å². The van der Waals surface area contributed by atoms with Crippen molar-refractivity contribution in [2.75, 3.05) is 23.3 Å². The minimum Gasteiger partial charge on any atom is -0.380 e. The van der Waals surface area contributed by atoms with Crippen LogP contribution in [0.5, 0.6) is 0 Å². The quantitative estimate of drug-likeness (QED) is 0.867. The van der Waals surface area contributed by atoms with Crippen molar-refractivity contribution in [2.24, 2.45) is 5.73 Å². The van der Waals surface area contributed by atoms with Crippen molar-refractivity contribution in [3.05, 3.63) is 42.2 Å². The number of amides is 1. The van der Waals surface area contributed by atoms with E-state index in [2.05, 4.69) is 20.3 Å². The van der Waals surface area contributed by atoms with Crippen LogP contribution >= 0.6 is 0 Å². The number of primary amides is 1. The van der Waals surface area contributed by atoms with E-state index >= 15 is 0 Å². The summed E-state index contributed by atoms with van der Waals surface area (Å²) in [6, 6.07) is 1.84. The van der Waals surface area contributed by atoms with E-state index in [1.165, 1.54) is 6.20 Å². The smallest absolute Gasteiger partial charge is 0.252 e. The summed E-state index contributed by atoms with van der Waals surface area (Å²) in [5.74, 6) is -0.483. The fourth-order valence-corrected chi connectivity index (χ4v) is 2.47. The number of aromatic nitrogens is 3. The van der Waals surface area contributed by atoms with Gasteiger partial charge in [0.05, 0.1) is 23.6 Å².